The highest BCUT2D eigenvalue weighted by Gasteiger charge is 2.10. The largest absolute Gasteiger partial charge is 0.484 e. The van der Waals surface area contributed by atoms with Crippen molar-refractivity contribution in [1.29, 1.82) is 0 Å². The number of benzene rings is 2. The Hall–Kier alpha value is -2.66. The van der Waals surface area contributed by atoms with Crippen LogP contribution >= 0.6 is 0 Å². The van der Waals surface area contributed by atoms with Gasteiger partial charge in [0.2, 0.25) is 0 Å². The van der Waals surface area contributed by atoms with Crippen LogP contribution in [0.5, 0.6) is 5.75 Å². The van der Waals surface area contributed by atoms with E-state index in [1.165, 1.54) is 5.56 Å². The molecule has 2 rings (SSSR count). The van der Waals surface area contributed by atoms with E-state index in [9.17, 15) is 9.59 Å². The number of amides is 1. The fraction of sp³-hybridized carbons (Fsp3) is 0.391. The van der Waals surface area contributed by atoms with Crippen LogP contribution in [-0.2, 0) is 17.9 Å². The zero-order chi connectivity index (χ0) is 20.5. The van der Waals surface area contributed by atoms with Crippen LogP contribution in [0.4, 0.5) is 0 Å². The fourth-order valence-electron chi connectivity index (χ4n) is 2.67. The Kier molecular flexibility index (Phi) is 8.20. The Morgan fingerprint density at radius 2 is 1.68 bits per heavy atom. The van der Waals surface area contributed by atoms with Crippen molar-refractivity contribution < 1.29 is 14.3 Å². The third-order valence-electron chi connectivity index (χ3n) is 4.76. The minimum atomic E-state index is -0.180. The average molecular weight is 383 g/mol. The number of carbonyl (C=O) groups is 2. The second kappa shape index (κ2) is 10.6. The maximum absolute atomic E-state index is 12.2. The monoisotopic (exact) mass is 382 g/mol. The van der Waals surface area contributed by atoms with Gasteiger partial charge in [0.25, 0.3) is 5.91 Å². The zero-order valence-electron chi connectivity index (χ0n) is 17.2. The minimum absolute atomic E-state index is 0.0604. The van der Waals surface area contributed by atoms with E-state index in [0.717, 1.165) is 12.1 Å². The fourth-order valence-corrected chi connectivity index (χ4v) is 2.67. The lowest BCUT2D eigenvalue weighted by molar-refractivity contribution is -0.123. The van der Waals surface area contributed by atoms with Crippen LogP contribution in [0.25, 0.3) is 0 Å². The van der Waals surface area contributed by atoms with Crippen LogP contribution in [0, 0.1) is 0 Å². The van der Waals surface area contributed by atoms with Crippen LogP contribution in [0.15, 0.2) is 48.5 Å². The normalized spacial score (nSPS) is 10.9. The van der Waals surface area contributed by atoms with Gasteiger partial charge in [-0.05, 0) is 56.3 Å². The van der Waals surface area contributed by atoms with Gasteiger partial charge >= 0.3 is 0 Å². The van der Waals surface area contributed by atoms with Crippen molar-refractivity contribution in [3.05, 3.63) is 65.2 Å². The molecular formula is C23H30N2O3. The number of rotatable bonds is 10. The third-order valence-corrected chi connectivity index (χ3v) is 4.76. The molecule has 28 heavy (non-hydrogen) atoms. The van der Waals surface area contributed by atoms with Gasteiger partial charge < -0.3 is 10.1 Å². The highest BCUT2D eigenvalue weighted by Crippen LogP contribution is 2.14. The van der Waals surface area contributed by atoms with Crippen molar-refractivity contribution >= 4 is 11.7 Å². The third kappa shape index (κ3) is 6.50. The van der Waals surface area contributed by atoms with E-state index in [4.69, 9.17) is 4.74 Å². The smallest absolute Gasteiger partial charge is 0.258 e. The van der Waals surface area contributed by atoms with E-state index < -0.39 is 0 Å². The molecule has 2 aromatic carbocycles. The summed E-state index contributed by atoms with van der Waals surface area (Å²) in [5, 5.41) is 2.91. The molecule has 0 spiro atoms. The van der Waals surface area contributed by atoms with E-state index in [2.05, 4.69) is 37.2 Å². The number of nitrogens with zero attached hydrogens (tertiary/aromatic N) is 1. The first kappa shape index (κ1) is 21.6. The number of Topliss-reactive ketones (excluding diaryl/α,β-unsaturated/α-hetero) is 1. The molecule has 0 aliphatic rings. The summed E-state index contributed by atoms with van der Waals surface area (Å²) in [6, 6.07) is 15.5. The molecule has 150 valence electrons. The molecule has 0 aromatic heterocycles. The van der Waals surface area contributed by atoms with E-state index >= 15 is 0 Å². The van der Waals surface area contributed by atoms with Gasteiger partial charge in [-0.15, -0.1) is 0 Å². The maximum atomic E-state index is 12.2. The van der Waals surface area contributed by atoms with Gasteiger partial charge in [0.1, 0.15) is 5.75 Å². The van der Waals surface area contributed by atoms with Crippen LogP contribution in [0.1, 0.15) is 48.7 Å². The Morgan fingerprint density at radius 1 is 1.04 bits per heavy atom. The first-order valence-corrected chi connectivity index (χ1v) is 9.70. The van der Waals surface area contributed by atoms with Crippen molar-refractivity contribution in [3.8, 4) is 5.75 Å². The zero-order valence-corrected chi connectivity index (χ0v) is 17.2. The second-order valence-electron chi connectivity index (χ2n) is 7.14. The molecule has 0 saturated carbocycles. The first-order valence-electron chi connectivity index (χ1n) is 9.70. The van der Waals surface area contributed by atoms with Gasteiger partial charge in [-0.1, -0.05) is 31.2 Å². The van der Waals surface area contributed by atoms with Gasteiger partial charge in [0.05, 0.1) is 0 Å². The summed E-state index contributed by atoms with van der Waals surface area (Å²) in [5.41, 5.74) is 2.96. The van der Waals surface area contributed by atoms with E-state index in [0.29, 0.717) is 30.3 Å². The summed E-state index contributed by atoms with van der Waals surface area (Å²) in [6.07, 6.45) is 0.469. The molecule has 0 heterocycles. The number of nitrogens with one attached hydrogen (secondary N) is 1. The van der Waals surface area contributed by atoms with Gasteiger partial charge in [-0.25, -0.2) is 0 Å². The topological polar surface area (TPSA) is 58.6 Å². The molecule has 0 bridgehead atoms. The Morgan fingerprint density at radius 3 is 2.29 bits per heavy atom. The van der Waals surface area contributed by atoms with Crippen LogP contribution in [-0.4, -0.2) is 36.3 Å². The summed E-state index contributed by atoms with van der Waals surface area (Å²) in [5.74, 6) is 0.480. The summed E-state index contributed by atoms with van der Waals surface area (Å²) in [4.78, 5) is 26.0. The molecule has 0 atom stereocenters. The van der Waals surface area contributed by atoms with Crippen molar-refractivity contribution in [2.45, 2.75) is 46.3 Å². The maximum Gasteiger partial charge on any atom is 0.258 e. The van der Waals surface area contributed by atoms with Crippen molar-refractivity contribution in [1.82, 2.24) is 10.2 Å². The van der Waals surface area contributed by atoms with E-state index in [1.807, 2.05) is 25.1 Å². The predicted molar refractivity (Wildman–Crippen MR) is 111 cm³/mol. The standard InChI is InChI=1S/C23H30N2O3/c1-5-22(26)18-10-12-21(13-11-18)28-16-23(27)24-14-19-8-6-7-9-20(19)15-25(4)17(2)3/h6-13,17H,5,14-16H2,1-4H3,(H,24,27). The number of ether oxygens (including phenoxy) is 1. The molecule has 0 aliphatic carbocycles. The second-order valence-corrected chi connectivity index (χ2v) is 7.14. The first-order chi connectivity index (χ1) is 13.4. The van der Waals surface area contributed by atoms with Crippen molar-refractivity contribution in [3.63, 3.8) is 0 Å². The summed E-state index contributed by atoms with van der Waals surface area (Å²) in [7, 11) is 2.09. The number of carbonyl (C=O) groups excluding carboxylic acids is 2. The lowest BCUT2D eigenvalue weighted by Gasteiger charge is -2.22. The molecule has 5 nitrogen and oxygen atoms in total. The molecule has 1 N–H and O–H groups in total. The molecule has 1 amide bonds. The van der Waals surface area contributed by atoms with Crippen LogP contribution in [0.3, 0.4) is 0 Å². The summed E-state index contributed by atoms with van der Waals surface area (Å²) >= 11 is 0. The molecule has 2 aromatic rings. The van der Waals surface area contributed by atoms with Crippen molar-refractivity contribution in [2.75, 3.05) is 13.7 Å². The van der Waals surface area contributed by atoms with Gasteiger partial charge in [-0.2, -0.15) is 0 Å². The average Bonchev–Trinajstić information content (AvgIpc) is 2.71. The number of hydrogen-bond acceptors (Lipinski definition) is 4. The highest BCUT2D eigenvalue weighted by molar-refractivity contribution is 5.95. The summed E-state index contributed by atoms with van der Waals surface area (Å²) < 4.78 is 5.52. The Bertz CT molecular complexity index is 785. The predicted octanol–water partition coefficient (Wildman–Crippen LogP) is 3.81. The van der Waals surface area contributed by atoms with Gasteiger partial charge in [0, 0.05) is 31.1 Å². The molecule has 0 saturated heterocycles. The molecule has 0 unspecified atom stereocenters. The Balaban J connectivity index is 1.85. The summed E-state index contributed by atoms with van der Waals surface area (Å²) in [6.45, 7) is 7.39. The molecule has 0 fully saturated rings. The molecule has 5 heteroatoms. The number of hydrogen-bond donors (Lipinski definition) is 1. The van der Waals surface area contributed by atoms with E-state index in [1.54, 1.807) is 24.3 Å². The van der Waals surface area contributed by atoms with Gasteiger partial charge in [-0.3, -0.25) is 14.5 Å². The quantitative estimate of drug-likeness (QED) is 0.635. The molecule has 0 radical (unpaired) electrons. The Labute approximate surface area is 167 Å². The highest BCUT2D eigenvalue weighted by atomic mass is 16.5. The SMILES string of the molecule is CCC(=O)c1ccc(OCC(=O)NCc2ccccc2CN(C)C(C)C)cc1. The van der Waals surface area contributed by atoms with Crippen LogP contribution < -0.4 is 10.1 Å². The minimum Gasteiger partial charge on any atom is -0.484 e. The van der Waals surface area contributed by atoms with Crippen LogP contribution in [0.2, 0.25) is 0 Å². The lowest BCUT2D eigenvalue weighted by atomic mass is 10.1. The van der Waals surface area contributed by atoms with Crippen molar-refractivity contribution in [2.24, 2.45) is 0 Å². The molecular weight excluding hydrogens is 352 g/mol. The molecule has 0 aliphatic heterocycles. The lowest BCUT2D eigenvalue weighted by Crippen LogP contribution is -2.30. The number of ketones is 1. The van der Waals surface area contributed by atoms with Gasteiger partial charge in [0.15, 0.2) is 12.4 Å². The van der Waals surface area contributed by atoms with E-state index in [-0.39, 0.29) is 18.3 Å².